The summed E-state index contributed by atoms with van der Waals surface area (Å²) in [6, 6.07) is 0. The second-order valence-electron chi connectivity index (χ2n) is 3.33. The third-order valence-corrected chi connectivity index (χ3v) is 1.27. The smallest absolute Gasteiger partial charge is 0.108 e. The van der Waals surface area contributed by atoms with Crippen molar-refractivity contribution in [3.8, 4) is 0 Å². The molecule has 0 aliphatic carbocycles. The van der Waals surface area contributed by atoms with Crippen LogP contribution in [0.25, 0.3) is 0 Å². The van der Waals surface area contributed by atoms with E-state index in [-0.39, 0.29) is 0 Å². The number of hydrogen-bond donors (Lipinski definition) is 0. The summed E-state index contributed by atoms with van der Waals surface area (Å²) >= 11 is 0. The summed E-state index contributed by atoms with van der Waals surface area (Å²) < 4.78 is 72.9. The Morgan fingerprint density at radius 1 is 1.36 bits per heavy atom. The van der Waals surface area contributed by atoms with Crippen LogP contribution in [0.5, 0.6) is 0 Å². The minimum absolute atomic E-state index is 0.652. The minimum atomic E-state index is -2.67. The predicted molar refractivity (Wildman–Crippen MR) is 48.4 cm³/mol. The van der Waals surface area contributed by atoms with Gasteiger partial charge in [-0.1, -0.05) is 27.6 Å². The Balaban J connectivity index is 5.03. The summed E-state index contributed by atoms with van der Waals surface area (Å²) in [4.78, 5) is 0. The molecular weight excluding hydrogens is 139 g/mol. The van der Waals surface area contributed by atoms with E-state index in [2.05, 4.69) is 0 Å². The lowest BCUT2D eigenvalue weighted by atomic mass is 9.88. The highest BCUT2D eigenvalue weighted by molar-refractivity contribution is 4.75. The van der Waals surface area contributed by atoms with Gasteiger partial charge in [-0.3, -0.25) is 0 Å². The van der Waals surface area contributed by atoms with E-state index in [0.717, 1.165) is 20.8 Å². The molecule has 0 aliphatic rings. The average molecular weight is 168 g/mol. The van der Waals surface area contributed by atoms with Crippen molar-refractivity contribution in [2.75, 3.05) is 0 Å². The number of rotatable bonds is 4. The highest BCUT2D eigenvalue weighted by Crippen LogP contribution is 2.27. The molecule has 11 heavy (non-hydrogen) atoms. The van der Waals surface area contributed by atoms with Crippen LogP contribution >= 0.6 is 0 Å². The largest absolute Gasteiger partial charge is 0.244 e. The molecule has 0 heterocycles. The van der Waals surface area contributed by atoms with Crippen molar-refractivity contribution in [2.24, 2.45) is 11.8 Å². The first-order valence-electron chi connectivity index (χ1n) is 7.60. The van der Waals surface area contributed by atoms with Gasteiger partial charge >= 0.3 is 0 Å². The maximum absolute atomic E-state index is 14.4. The van der Waals surface area contributed by atoms with Gasteiger partial charge in [0.05, 0.1) is 0 Å². The summed E-state index contributed by atoms with van der Waals surface area (Å²) in [6.07, 6.45) is -1.30. The van der Waals surface area contributed by atoms with Crippen molar-refractivity contribution in [2.45, 2.75) is 53.0 Å². The zero-order chi connectivity index (χ0) is 15.9. The molecule has 0 fully saturated rings. The van der Waals surface area contributed by atoms with E-state index in [1.54, 1.807) is 0 Å². The fourth-order valence-electron chi connectivity index (χ4n) is 1.17. The predicted octanol–water partition coefficient (Wildman–Crippen LogP) is 3.81. The van der Waals surface area contributed by atoms with Crippen LogP contribution in [-0.2, 0) is 0 Å². The Morgan fingerprint density at radius 2 is 1.73 bits per heavy atom. The molecule has 2 unspecified atom stereocenters. The quantitative estimate of drug-likeness (QED) is 0.599. The molecule has 0 rings (SSSR count). The first-order valence-corrected chi connectivity index (χ1v) is 3.60. The van der Waals surface area contributed by atoms with Crippen LogP contribution in [0.3, 0.4) is 0 Å². The van der Waals surface area contributed by atoms with Gasteiger partial charge in [0.25, 0.3) is 0 Å². The average Bonchev–Trinajstić information content (AvgIpc) is 1.93. The van der Waals surface area contributed by atoms with E-state index in [4.69, 9.17) is 11.0 Å². The van der Waals surface area contributed by atoms with Crippen LogP contribution < -0.4 is 0 Å². The maximum atomic E-state index is 14.4. The topological polar surface area (TPSA) is 0 Å². The van der Waals surface area contributed by atoms with Crippen molar-refractivity contribution in [3.63, 3.8) is 0 Å². The van der Waals surface area contributed by atoms with Crippen molar-refractivity contribution in [3.05, 3.63) is 0 Å². The van der Waals surface area contributed by atoms with E-state index in [1.807, 2.05) is 0 Å². The Labute approximate surface area is 81.4 Å². The molecule has 0 aliphatic heterocycles. The first-order chi connectivity index (χ1) is 7.91. The summed E-state index contributed by atoms with van der Waals surface area (Å²) in [5.74, 6) is -4.05. The molecule has 0 saturated heterocycles. The van der Waals surface area contributed by atoms with Gasteiger partial charge in [0.2, 0.25) is 0 Å². The highest BCUT2D eigenvalue weighted by atomic mass is 19.1. The Hall–Kier alpha value is -0.0700. The standard InChI is InChI=1S/C10H21F/c1-8(2)6-10(5,11)7-9(3)4/h8-9H,6-7H2,1-5H3/i1D3,3D3,8D,9D. The molecular formula is C10H21F. The van der Waals surface area contributed by atoms with Gasteiger partial charge in [-0.15, -0.1) is 0 Å². The zero-order valence-electron chi connectivity index (χ0n) is 15.3. The molecule has 2 atom stereocenters. The van der Waals surface area contributed by atoms with E-state index in [1.165, 1.54) is 0 Å². The lowest BCUT2D eigenvalue weighted by Crippen LogP contribution is -2.22. The number of alkyl halides is 1. The fourth-order valence-corrected chi connectivity index (χ4v) is 1.17. The van der Waals surface area contributed by atoms with E-state index in [9.17, 15) is 4.39 Å². The van der Waals surface area contributed by atoms with Crippen LogP contribution in [0.1, 0.15) is 58.3 Å². The number of halogens is 1. The monoisotopic (exact) mass is 168 g/mol. The molecule has 0 amide bonds. The van der Waals surface area contributed by atoms with Gasteiger partial charge in [-0.05, 0) is 31.6 Å². The third-order valence-electron chi connectivity index (χ3n) is 1.27. The molecule has 0 saturated carbocycles. The van der Waals surface area contributed by atoms with Gasteiger partial charge in [0.15, 0.2) is 0 Å². The molecule has 0 aromatic rings. The first kappa shape index (κ1) is 3.35. The van der Waals surface area contributed by atoms with Gasteiger partial charge in [-0.25, -0.2) is 4.39 Å². The maximum Gasteiger partial charge on any atom is 0.108 e. The Bertz CT molecular complexity index is 282. The second kappa shape index (κ2) is 4.08. The lowest BCUT2D eigenvalue weighted by molar-refractivity contribution is 0.123. The lowest BCUT2D eigenvalue weighted by Gasteiger charge is -2.24. The summed E-state index contributed by atoms with van der Waals surface area (Å²) in [7, 11) is 0. The molecule has 1 heteroatoms. The van der Waals surface area contributed by atoms with Crippen LogP contribution in [0, 0.1) is 11.8 Å². The minimum Gasteiger partial charge on any atom is -0.244 e. The molecule has 0 aromatic heterocycles. The van der Waals surface area contributed by atoms with Gasteiger partial charge in [-0.2, -0.15) is 0 Å². The van der Waals surface area contributed by atoms with Crippen molar-refractivity contribution < 1.29 is 15.4 Å². The molecule has 0 N–H and O–H groups in total. The summed E-state index contributed by atoms with van der Waals surface area (Å²) in [5.41, 5.74) is -2.21. The second-order valence-corrected chi connectivity index (χ2v) is 3.33. The summed E-state index contributed by atoms with van der Waals surface area (Å²) in [6.45, 7) is -2.11. The van der Waals surface area contributed by atoms with Gasteiger partial charge in [0.1, 0.15) is 5.67 Å². The SMILES string of the molecule is [2H]C([2H])([2H])C([2H])(C)CC(C)(F)CC([2H])(C)C([2H])([2H])[2H]. The molecule has 0 spiro atoms. The highest BCUT2D eigenvalue weighted by Gasteiger charge is 2.25. The molecule has 0 bridgehead atoms. The number of hydrogen-bond acceptors (Lipinski definition) is 0. The summed E-state index contributed by atoms with van der Waals surface area (Å²) in [5, 5.41) is 0. The third kappa shape index (κ3) is 6.33. The van der Waals surface area contributed by atoms with Crippen LogP contribution in [0.15, 0.2) is 0 Å². The van der Waals surface area contributed by atoms with Crippen molar-refractivity contribution in [1.29, 1.82) is 0 Å². The molecule has 68 valence electrons. The Kier molecular flexibility index (Phi) is 1.24. The molecule has 0 nitrogen and oxygen atoms in total. The zero-order valence-corrected chi connectivity index (χ0v) is 7.29. The van der Waals surface area contributed by atoms with Crippen LogP contribution in [-0.4, -0.2) is 5.67 Å². The van der Waals surface area contributed by atoms with E-state index in [0.29, 0.717) is 0 Å². The van der Waals surface area contributed by atoms with Crippen molar-refractivity contribution >= 4 is 0 Å². The molecule has 0 radical (unpaired) electrons. The van der Waals surface area contributed by atoms with Gasteiger partial charge < -0.3 is 0 Å². The molecule has 0 aromatic carbocycles. The van der Waals surface area contributed by atoms with Crippen LogP contribution in [0.2, 0.25) is 0 Å². The Morgan fingerprint density at radius 3 is 2.00 bits per heavy atom. The fraction of sp³-hybridized carbons (Fsp3) is 1.00. The normalized spacial score (nSPS) is 41.1. The van der Waals surface area contributed by atoms with Crippen molar-refractivity contribution in [1.82, 2.24) is 0 Å². The van der Waals surface area contributed by atoms with E-state index >= 15 is 0 Å². The van der Waals surface area contributed by atoms with E-state index < -0.39 is 44.0 Å². The van der Waals surface area contributed by atoms with Crippen LogP contribution in [0.4, 0.5) is 4.39 Å². The van der Waals surface area contributed by atoms with Gasteiger partial charge in [0, 0.05) is 11.0 Å².